The molecular formula is C17H22N4OS. The summed E-state index contributed by atoms with van der Waals surface area (Å²) in [5, 5.41) is 2.11. The van der Waals surface area contributed by atoms with Crippen molar-refractivity contribution < 1.29 is 4.74 Å². The average Bonchev–Trinajstić information content (AvgIpc) is 3.26. The van der Waals surface area contributed by atoms with Crippen LogP contribution in [-0.4, -0.2) is 60.3 Å². The van der Waals surface area contributed by atoms with Gasteiger partial charge in [0.1, 0.15) is 12.1 Å². The molecule has 0 aromatic carbocycles. The predicted molar refractivity (Wildman–Crippen MR) is 92.0 cm³/mol. The Morgan fingerprint density at radius 1 is 1.43 bits per heavy atom. The highest BCUT2D eigenvalue weighted by Crippen LogP contribution is 2.55. The van der Waals surface area contributed by atoms with Gasteiger partial charge in [0.25, 0.3) is 0 Å². The fourth-order valence-corrected chi connectivity index (χ4v) is 5.88. The van der Waals surface area contributed by atoms with Gasteiger partial charge in [-0.3, -0.25) is 0 Å². The van der Waals surface area contributed by atoms with Gasteiger partial charge in [-0.1, -0.05) is 0 Å². The summed E-state index contributed by atoms with van der Waals surface area (Å²) < 4.78 is 7.74. The number of fused-ring (bicyclic) bond motifs is 2. The molecule has 5 nitrogen and oxygen atoms in total. The molecule has 2 aromatic rings. The third kappa shape index (κ3) is 1.98. The lowest BCUT2D eigenvalue weighted by Crippen LogP contribution is -2.40. The second-order valence-corrected chi connectivity index (χ2v) is 8.42. The molecule has 5 rings (SSSR count). The van der Waals surface area contributed by atoms with Crippen molar-refractivity contribution in [2.24, 2.45) is 11.8 Å². The van der Waals surface area contributed by atoms with Crippen LogP contribution >= 0.6 is 11.3 Å². The van der Waals surface area contributed by atoms with E-state index in [0.29, 0.717) is 17.9 Å². The summed E-state index contributed by atoms with van der Waals surface area (Å²) in [6.07, 6.45) is 4.60. The minimum absolute atomic E-state index is 0.0693. The fourth-order valence-electron chi connectivity index (χ4n) is 5.02. The number of nitrogens with zero attached hydrogens (tertiary/aromatic N) is 4. The lowest BCUT2D eigenvalue weighted by atomic mass is 9.73. The summed E-state index contributed by atoms with van der Waals surface area (Å²) >= 11 is 1.74. The van der Waals surface area contributed by atoms with Gasteiger partial charge in [0.15, 0.2) is 0 Å². The quantitative estimate of drug-likeness (QED) is 0.863. The zero-order valence-electron chi connectivity index (χ0n) is 13.6. The van der Waals surface area contributed by atoms with Crippen molar-refractivity contribution >= 4 is 27.4 Å². The topological polar surface area (TPSA) is 41.5 Å². The first-order valence-corrected chi connectivity index (χ1v) is 9.30. The molecule has 4 atom stereocenters. The van der Waals surface area contributed by atoms with Crippen LogP contribution < -0.4 is 4.90 Å². The van der Waals surface area contributed by atoms with Gasteiger partial charge in [-0.2, -0.15) is 0 Å². The minimum atomic E-state index is 0.0693. The van der Waals surface area contributed by atoms with Gasteiger partial charge < -0.3 is 14.5 Å². The van der Waals surface area contributed by atoms with Gasteiger partial charge in [0.05, 0.1) is 21.9 Å². The molecule has 0 radical (unpaired) electrons. The number of thiophene rings is 1. The number of ether oxygens (including phenoxy) is 1. The first-order chi connectivity index (χ1) is 11.2. The van der Waals surface area contributed by atoms with Crippen molar-refractivity contribution in [2.75, 3.05) is 38.6 Å². The van der Waals surface area contributed by atoms with E-state index in [4.69, 9.17) is 4.74 Å². The molecule has 6 heteroatoms. The smallest absolute Gasteiger partial charge is 0.150 e. The maximum Gasteiger partial charge on any atom is 0.150 e. The molecule has 2 aromatic heterocycles. The predicted octanol–water partition coefficient (Wildman–Crippen LogP) is 2.24. The second kappa shape index (κ2) is 4.88. The van der Waals surface area contributed by atoms with Gasteiger partial charge in [0.2, 0.25) is 0 Å². The van der Waals surface area contributed by atoms with Crippen molar-refractivity contribution in [3.8, 4) is 0 Å². The van der Waals surface area contributed by atoms with Gasteiger partial charge in [-0.25, -0.2) is 9.97 Å². The number of anilines is 1. The number of hydrogen-bond donors (Lipinski definition) is 0. The summed E-state index contributed by atoms with van der Waals surface area (Å²) in [6, 6.07) is 2.08. The molecule has 0 saturated carbocycles. The Balaban J connectivity index is 1.49. The summed E-state index contributed by atoms with van der Waals surface area (Å²) in [4.78, 5) is 13.8. The summed E-state index contributed by atoms with van der Waals surface area (Å²) in [6.45, 7) is 3.18. The Kier molecular flexibility index (Phi) is 3.00. The van der Waals surface area contributed by atoms with E-state index in [2.05, 4.69) is 45.3 Å². The molecule has 5 heterocycles. The van der Waals surface area contributed by atoms with E-state index in [-0.39, 0.29) is 5.60 Å². The van der Waals surface area contributed by atoms with Crippen LogP contribution in [0.15, 0.2) is 17.8 Å². The lowest BCUT2D eigenvalue weighted by Gasteiger charge is -2.30. The molecule has 3 aliphatic heterocycles. The molecule has 122 valence electrons. The monoisotopic (exact) mass is 330 g/mol. The largest absolute Gasteiger partial charge is 0.369 e. The van der Waals surface area contributed by atoms with E-state index in [1.54, 1.807) is 17.7 Å². The first-order valence-electron chi connectivity index (χ1n) is 8.42. The van der Waals surface area contributed by atoms with Crippen molar-refractivity contribution in [3.05, 3.63) is 17.8 Å². The molecule has 3 aliphatic rings. The number of aromatic nitrogens is 2. The van der Waals surface area contributed by atoms with E-state index in [1.165, 1.54) is 17.5 Å². The highest BCUT2D eigenvalue weighted by molar-refractivity contribution is 7.17. The highest BCUT2D eigenvalue weighted by Gasteiger charge is 2.63. The Hall–Kier alpha value is -1.24. The van der Waals surface area contributed by atoms with Gasteiger partial charge in [-0.15, -0.1) is 11.3 Å². The Labute approximate surface area is 140 Å². The fraction of sp³-hybridized carbons (Fsp3) is 0.647. The van der Waals surface area contributed by atoms with Crippen molar-refractivity contribution in [1.29, 1.82) is 0 Å². The van der Waals surface area contributed by atoms with Crippen LogP contribution in [0.4, 0.5) is 5.82 Å². The molecule has 2 bridgehead atoms. The standard InChI is InChI=1S/C17H22N4OS/c1-20(2)7-11-12-8-21(9-17(12)5-3-14(11)22-17)16-15-13(4-6-23-15)18-10-19-16/h4,6,10-12,14H,3,5,7-9H2,1-2H3/t11-,12+,14+,17+/m0/s1. The van der Waals surface area contributed by atoms with Crippen molar-refractivity contribution in [2.45, 2.75) is 24.5 Å². The zero-order valence-corrected chi connectivity index (χ0v) is 14.4. The molecule has 1 spiro atoms. The maximum absolute atomic E-state index is 6.53. The molecule has 3 saturated heterocycles. The second-order valence-electron chi connectivity index (χ2n) is 7.51. The Bertz CT molecular complexity index is 747. The molecule has 0 N–H and O–H groups in total. The molecule has 0 aliphatic carbocycles. The average molecular weight is 330 g/mol. The molecule has 0 amide bonds. The molecule has 3 fully saturated rings. The first kappa shape index (κ1) is 14.1. The van der Waals surface area contributed by atoms with Crippen molar-refractivity contribution in [3.63, 3.8) is 0 Å². The van der Waals surface area contributed by atoms with Crippen LogP contribution in [0.25, 0.3) is 10.2 Å². The van der Waals surface area contributed by atoms with Crippen LogP contribution in [0, 0.1) is 11.8 Å². The lowest BCUT2D eigenvalue weighted by molar-refractivity contribution is 0.0136. The Morgan fingerprint density at radius 2 is 2.35 bits per heavy atom. The number of hydrogen-bond acceptors (Lipinski definition) is 6. The third-order valence-corrected chi connectivity index (χ3v) is 6.78. The summed E-state index contributed by atoms with van der Waals surface area (Å²) in [5.74, 6) is 2.39. The van der Waals surface area contributed by atoms with Gasteiger partial charge in [-0.05, 0) is 38.4 Å². The third-order valence-electron chi connectivity index (χ3n) is 5.88. The Morgan fingerprint density at radius 3 is 3.22 bits per heavy atom. The van der Waals surface area contributed by atoms with Crippen molar-refractivity contribution in [1.82, 2.24) is 14.9 Å². The maximum atomic E-state index is 6.53. The van der Waals surface area contributed by atoms with Gasteiger partial charge in [0, 0.05) is 31.5 Å². The summed E-state index contributed by atoms with van der Waals surface area (Å²) in [5.41, 5.74) is 1.13. The minimum Gasteiger partial charge on any atom is -0.369 e. The van der Waals surface area contributed by atoms with E-state index in [1.807, 2.05) is 0 Å². The zero-order chi connectivity index (χ0) is 15.6. The SMILES string of the molecule is CN(C)C[C@H]1[C@H]2CN(c3ncnc4ccsc34)C[C@]23CC[C@H]1O3. The van der Waals surface area contributed by atoms with Crippen LogP contribution in [0.1, 0.15) is 12.8 Å². The molecule has 23 heavy (non-hydrogen) atoms. The van der Waals surface area contributed by atoms with E-state index < -0.39 is 0 Å². The number of rotatable bonds is 3. The van der Waals surface area contributed by atoms with Crippen LogP contribution in [0.2, 0.25) is 0 Å². The van der Waals surface area contributed by atoms with E-state index >= 15 is 0 Å². The van der Waals surface area contributed by atoms with E-state index in [9.17, 15) is 0 Å². The highest BCUT2D eigenvalue weighted by atomic mass is 32.1. The van der Waals surface area contributed by atoms with Crippen LogP contribution in [0.3, 0.4) is 0 Å². The molecule has 0 unspecified atom stereocenters. The molecular weight excluding hydrogens is 308 g/mol. The van der Waals surface area contributed by atoms with Crippen LogP contribution in [0.5, 0.6) is 0 Å². The normalized spacial score (nSPS) is 35.6. The van der Waals surface area contributed by atoms with E-state index in [0.717, 1.165) is 31.0 Å². The van der Waals surface area contributed by atoms with Crippen LogP contribution in [-0.2, 0) is 4.74 Å². The summed E-state index contributed by atoms with van der Waals surface area (Å²) in [7, 11) is 4.34. The van der Waals surface area contributed by atoms with Gasteiger partial charge >= 0.3 is 0 Å².